The molecule has 0 rings (SSSR count). The Morgan fingerprint density at radius 2 is 1.88 bits per heavy atom. The van der Waals surface area contributed by atoms with E-state index in [0.29, 0.717) is 19.5 Å². The minimum absolute atomic E-state index is 0.0228. The topological polar surface area (TPSA) is 84.2 Å². The molecule has 0 aromatic rings. The van der Waals surface area contributed by atoms with Gasteiger partial charge in [0.25, 0.3) is 0 Å². The largest absolute Gasteiger partial charge is 0.359 e. The van der Waals surface area contributed by atoms with E-state index in [9.17, 15) is 9.59 Å². The van der Waals surface area contributed by atoms with Gasteiger partial charge in [0.2, 0.25) is 11.8 Å². The van der Waals surface area contributed by atoms with Crippen molar-refractivity contribution in [3.63, 3.8) is 0 Å². The highest BCUT2D eigenvalue weighted by Crippen LogP contribution is 2.13. The molecule has 0 aromatic carbocycles. The summed E-state index contributed by atoms with van der Waals surface area (Å²) >= 11 is 0. The Bertz CT molecular complexity index is 239. The van der Waals surface area contributed by atoms with E-state index in [1.54, 1.807) is 20.9 Å². The van der Waals surface area contributed by atoms with Gasteiger partial charge < -0.3 is 16.4 Å². The number of nitrogens with two attached hydrogens (primary N) is 1. The van der Waals surface area contributed by atoms with Gasteiger partial charge in [-0.2, -0.15) is 0 Å². The fraction of sp³-hybridized carbons (Fsp3) is 0.818. The third-order valence-corrected chi connectivity index (χ3v) is 2.43. The summed E-state index contributed by atoms with van der Waals surface area (Å²) in [6.45, 7) is 4.56. The fourth-order valence-electron chi connectivity index (χ4n) is 1.26. The smallest absolute Gasteiger partial charge is 0.227 e. The Kier molecular flexibility index (Phi) is 6.72. The molecule has 16 heavy (non-hydrogen) atoms. The number of nitrogens with one attached hydrogen (secondary N) is 2. The first-order chi connectivity index (χ1) is 7.44. The predicted molar refractivity (Wildman–Crippen MR) is 63.8 cm³/mol. The number of carbonyl (C=O) groups excluding carboxylic acids is 2. The van der Waals surface area contributed by atoms with Crippen molar-refractivity contribution in [3.05, 3.63) is 0 Å². The van der Waals surface area contributed by atoms with Gasteiger partial charge in [-0.3, -0.25) is 9.59 Å². The minimum Gasteiger partial charge on any atom is -0.359 e. The van der Waals surface area contributed by atoms with Crippen LogP contribution in [0.5, 0.6) is 0 Å². The summed E-state index contributed by atoms with van der Waals surface area (Å²) in [6.07, 6.45) is 2.12. The normalized spacial score (nSPS) is 11.0. The van der Waals surface area contributed by atoms with Crippen LogP contribution >= 0.6 is 0 Å². The lowest BCUT2D eigenvalue weighted by molar-refractivity contribution is -0.129. The van der Waals surface area contributed by atoms with E-state index in [4.69, 9.17) is 5.73 Å². The maximum Gasteiger partial charge on any atom is 0.227 e. The third-order valence-electron chi connectivity index (χ3n) is 2.43. The molecule has 0 unspecified atom stereocenters. The van der Waals surface area contributed by atoms with Crippen molar-refractivity contribution in [1.82, 2.24) is 10.6 Å². The molecule has 2 amide bonds. The van der Waals surface area contributed by atoms with E-state index in [2.05, 4.69) is 10.6 Å². The van der Waals surface area contributed by atoms with Crippen LogP contribution in [0.25, 0.3) is 0 Å². The van der Waals surface area contributed by atoms with Crippen molar-refractivity contribution in [1.29, 1.82) is 0 Å². The molecule has 0 saturated heterocycles. The zero-order valence-corrected chi connectivity index (χ0v) is 10.4. The molecule has 0 bridgehead atoms. The van der Waals surface area contributed by atoms with E-state index in [1.807, 2.05) is 0 Å². The average Bonchev–Trinajstić information content (AvgIpc) is 2.25. The first-order valence-corrected chi connectivity index (χ1v) is 5.63. The second-order valence-corrected chi connectivity index (χ2v) is 4.49. The molecule has 0 aliphatic rings. The van der Waals surface area contributed by atoms with Crippen LogP contribution in [0.2, 0.25) is 0 Å². The molecule has 0 atom stereocenters. The standard InChI is InChI=1S/C11H23N3O2/c1-11(2,10(16)13-3)8-14-9(15)6-4-5-7-12/h4-8,12H2,1-3H3,(H,13,16)(H,14,15). The van der Waals surface area contributed by atoms with Crippen LogP contribution in [-0.2, 0) is 9.59 Å². The van der Waals surface area contributed by atoms with E-state index < -0.39 is 5.41 Å². The van der Waals surface area contributed by atoms with Crippen molar-refractivity contribution in [2.24, 2.45) is 11.1 Å². The van der Waals surface area contributed by atoms with E-state index in [0.717, 1.165) is 12.8 Å². The molecule has 0 aliphatic heterocycles. The SMILES string of the molecule is CNC(=O)C(C)(C)CNC(=O)CCCCN. The molecule has 0 spiro atoms. The van der Waals surface area contributed by atoms with Gasteiger partial charge in [-0.05, 0) is 33.2 Å². The van der Waals surface area contributed by atoms with Crippen LogP contribution in [0, 0.1) is 5.41 Å². The maximum absolute atomic E-state index is 11.4. The molecule has 0 heterocycles. The maximum atomic E-state index is 11.4. The Morgan fingerprint density at radius 1 is 1.25 bits per heavy atom. The number of amides is 2. The summed E-state index contributed by atoms with van der Waals surface area (Å²) in [4.78, 5) is 22.8. The minimum atomic E-state index is -0.571. The van der Waals surface area contributed by atoms with Crippen LogP contribution in [0.1, 0.15) is 33.1 Å². The fourth-order valence-corrected chi connectivity index (χ4v) is 1.26. The second-order valence-electron chi connectivity index (χ2n) is 4.49. The Hall–Kier alpha value is -1.10. The first kappa shape index (κ1) is 14.9. The zero-order valence-electron chi connectivity index (χ0n) is 10.4. The Morgan fingerprint density at radius 3 is 2.38 bits per heavy atom. The lowest BCUT2D eigenvalue weighted by Crippen LogP contribution is -2.43. The summed E-state index contributed by atoms with van der Waals surface area (Å²) < 4.78 is 0. The van der Waals surface area contributed by atoms with Crippen LogP contribution in [0.3, 0.4) is 0 Å². The van der Waals surface area contributed by atoms with Crippen LogP contribution in [0.15, 0.2) is 0 Å². The number of unbranched alkanes of at least 4 members (excludes halogenated alkanes) is 1. The molecule has 0 aliphatic carbocycles. The molecular weight excluding hydrogens is 206 g/mol. The van der Waals surface area contributed by atoms with Crippen molar-refractivity contribution >= 4 is 11.8 Å². The molecule has 4 N–H and O–H groups in total. The summed E-state index contributed by atoms with van der Waals surface area (Å²) in [5, 5.41) is 5.33. The van der Waals surface area contributed by atoms with Crippen LogP contribution in [0.4, 0.5) is 0 Å². The van der Waals surface area contributed by atoms with Crippen molar-refractivity contribution in [2.75, 3.05) is 20.1 Å². The summed E-state index contributed by atoms with van der Waals surface area (Å²) in [5.41, 5.74) is 4.76. The van der Waals surface area contributed by atoms with Gasteiger partial charge in [-0.25, -0.2) is 0 Å². The quantitative estimate of drug-likeness (QED) is 0.537. The Labute approximate surface area is 97.2 Å². The third kappa shape index (κ3) is 5.70. The van der Waals surface area contributed by atoms with Crippen LogP contribution < -0.4 is 16.4 Å². The average molecular weight is 229 g/mol. The lowest BCUT2D eigenvalue weighted by atomic mass is 9.92. The number of carbonyl (C=O) groups is 2. The van der Waals surface area contributed by atoms with Gasteiger partial charge in [0, 0.05) is 20.0 Å². The molecule has 0 radical (unpaired) electrons. The first-order valence-electron chi connectivity index (χ1n) is 5.63. The van der Waals surface area contributed by atoms with Gasteiger partial charge in [-0.15, -0.1) is 0 Å². The molecule has 94 valence electrons. The summed E-state index contributed by atoms with van der Waals surface area (Å²) in [5.74, 6) is -0.0970. The summed E-state index contributed by atoms with van der Waals surface area (Å²) in [7, 11) is 1.59. The molecule has 0 aromatic heterocycles. The number of hydrogen-bond acceptors (Lipinski definition) is 3. The number of hydrogen-bond donors (Lipinski definition) is 3. The van der Waals surface area contributed by atoms with Gasteiger partial charge in [0.1, 0.15) is 0 Å². The summed E-state index contributed by atoms with van der Waals surface area (Å²) in [6, 6.07) is 0. The highest BCUT2D eigenvalue weighted by molar-refractivity contribution is 5.83. The second kappa shape index (κ2) is 7.22. The highest BCUT2D eigenvalue weighted by atomic mass is 16.2. The van der Waals surface area contributed by atoms with E-state index in [1.165, 1.54) is 0 Å². The van der Waals surface area contributed by atoms with Gasteiger partial charge in [-0.1, -0.05) is 0 Å². The molecule has 5 nitrogen and oxygen atoms in total. The number of rotatable bonds is 7. The van der Waals surface area contributed by atoms with Gasteiger partial charge >= 0.3 is 0 Å². The van der Waals surface area contributed by atoms with E-state index >= 15 is 0 Å². The zero-order chi connectivity index (χ0) is 12.6. The Balaban J connectivity index is 3.86. The van der Waals surface area contributed by atoms with Crippen LogP contribution in [-0.4, -0.2) is 32.0 Å². The van der Waals surface area contributed by atoms with Gasteiger partial charge in [0.05, 0.1) is 5.41 Å². The molecular formula is C11H23N3O2. The van der Waals surface area contributed by atoms with Crippen molar-refractivity contribution in [2.45, 2.75) is 33.1 Å². The lowest BCUT2D eigenvalue weighted by Gasteiger charge is -2.22. The van der Waals surface area contributed by atoms with Crippen molar-refractivity contribution in [3.8, 4) is 0 Å². The van der Waals surface area contributed by atoms with Gasteiger partial charge in [0.15, 0.2) is 0 Å². The predicted octanol–water partition coefficient (Wildman–Crippen LogP) is 0.00380. The van der Waals surface area contributed by atoms with Crippen molar-refractivity contribution < 1.29 is 9.59 Å². The molecule has 0 fully saturated rings. The highest BCUT2D eigenvalue weighted by Gasteiger charge is 2.26. The molecule has 0 saturated carbocycles. The monoisotopic (exact) mass is 229 g/mol. The molecule has 5 heteroatoms. The van der Waals surface area contributed by atoms with E-state index in [-0.39, 0.29) is 11.8 Å².